The van der Waals surface area contributed by atoms with Gasteiger partial charge in [-0.2, -0.15) is 0 Å². The normalized spacial score (nSPS) is 10.4. The van der Waals surface area contributed by atoms with Crippen molar-refractivity contribution in [1.29, 1.82) is 0 Å². The lowest BCUT2D eigenvalue weighted by Gasteiger charge is -2.08. The Balaban J connectivity index is 1.83. The SMILES string of the molecule is COc1cc(-c2cnc(Nc3ccccc3F)nc2)ccc1Cl. The summed E-state index contributed by atoms with van der Waals surface area (Å²) in [5, 5.41) is 3.38. The van der Waals surface area contributed by atoms with Gasteiger partial charge in [0.2, 0.25) is 5.95 Å². The second-order valence-electron chi connectivity index (χ2n) is 4.75. The molecular weight excluding hydrogens is 317 g/mol. The highest BCUT2D eigenvalue weighted by atomic mass is 35.5. The third-order valence-corrected chi connectivity index (χ3v) is 3.57. The number of hydrogen-bond acceptors (Lipinski definition) is 4. The topological polar surface area (TPSA) is 47.0 Å². The zero-order valence-corrected chi connectivity index (χ0v) is 13.0. The van der Waals surface area contributed by atoms with Crippen LogP contribution in [0.25, 0.3) is 11.1 Å². The van der Waals surface area contributed by atoms with E-state index in [1.165, 1.54) is 6.07 Å². The van der Waals surface area contributed by atoms with Gasteiger partial charge in [0.1, 0.15) is 11.6 Å². The Hall–Kier alpha value is -2.66. The smallest absolute Gasteiger partial charge is 0.227 e. The Morgan fingerprint density at radius 2 is 1.78 bits per heavy atom. The zero-order valence-electron chi connectivity index (χ0n) is 12.3. The summed E-state index contributed by atoms with van der Waals surface area (Å²) in [5.41, 5.74) is 2.01. The third kappa shape index (κ3) is 3.40. The minimum atomic E-state index is -0.359. The first-order chi connectivity index (χ1) is 11.2. The molecule has 0 aliphatic carbocycles. The molecule has 0 saturated carbocycles. The Kier molecular flexibility index (Phi) is 4.39. The van der Waals surface area contributed by atoms with Crippen LogP contribution in [0.1, 0.15) is 0 Å². The molecule has 0 radical (unpaired) electrons. The molecule has 23 heavy (non-hydrogen) atoms. The predicted molar refractivity (Wildman–Crippen MR) is 88.7 cm³/mol. The van der Waals surface area contributed by atoms with Crippen LogP contribution in [0.15, 0.2) is 54.9 Å². The number of methoxy groups -OCH3 is 1. The highest BCUT2D eigenvalue weighted by molar-refractivity contribution is 6.32. The van der Waals surface area contributed by atoms with Gasteiger partial charge in [-0.25, -0.2) is 14.4 Å². The highest BCUT2D eigenvalue weighted by Crippen LogP contribution is 2.30. The number of aromatic nitrogens is 2. The van der Waals surface area contributed by atoms with Gasteiger partial charge in [-0.3, -0.25) is 0 Å². The number of anilines is 2. The van der Waals surface area contributed by atoms with Crippen molar-refractivity contribution in [1.82, 2.24) is 9.97 Å². The van der Waals surface area contributed by atoms with E-state index in [1.807, 2.05) is 12.1 Å². The van der Waals surface area contributed by atoms with Gasteiger partial charge in [-0.05, 0) is 29.8 Å². The molecule has 0 bridgehead atoms. The summed E-state index contributed by atoms with van der Waals surface area (Å²) >= 11 is 6.01. The third-order valence-electron chi connectivity index (χ3n) is 3.26. The molecule has 1 N–H and O–H groups in total. The molecule has 0 aliphatic rings. The Morgan fingerprint density at radius 1 is 1.04 bits per heavy atom. The van der Waals surface area contributed by atoms with Gasteiger partial charge in [-0.1, -0.05) is 29.8 Å². The molecule has 0 amide bonds. The second-order valence-corrected chi connectivity index (χ2v) is 5.16. The summed E-state index contributed by atoms with van der Waals surface area (Å²) in [4.78, 5) is 8.41. The first-order valence-corrected chi connectivity index (χ1v) is 7.22. The van der Waals surface area contributed by atoms with E-state index in [-0.39, 0.29) is 5.82 Å². The summed E-state index contributed by atoms with van der Waals surface area (Å²) in [6, 6.07) is 11.8. The average Bonchev–Trinajstić information content (AvgIpc) is 2.58. The van der Waals surface area contributed by atoms with Crippen molar-refractivity contribution >= 4 is 23.2 Å². The van der Waals surface area contributed by atoms with Crippen molar-refractivity contribution in [3.05, 3.63) is 65.7 Å². The van der Waals surface area contributed by atoms with Gasteiger partial charge in [0.25, 0.3) is 0 Å². The summed E-state index contributed by atoms with van der Waals surface area (Å²) in [5.74, 6) is 0.542. The summed E-state index contributed by atoms with van der Waals surface area (Å²) in [6.45, 7) is 0. The minimum absolute atomic E-state index is 0.319. The van der Waals surface area contributed by atoms with Crippen LogP contribution in [0, 0.1) is 5.82 Å². The van der Waals surface area contributed by atoms with Gasteiger partial charge >= 0.3 is 0 Å². The van der Waals surface area contributed by atoms with Gasteiger partial charge in [0, 0.05) is 18.0 Å². The lowest BCUT2D eigenvalue weighted by molar-refractivity contribution is 0.415. The molecule has 0 saturated heterocycles. The van der Waals surface area contributed by atoms with Crippen LogP contribution in [0.4, 0.5) is 16.0 Å². The largest absolute Gasteiger partial charge is 0.495 e. The lowest BCUT2D eigenvalue weighted by atomic mass is 10.1. The van der Waals surface area contributed by atoms with E-state index in [0.717, 1.165) is 11.1 Å². The molecule has 116 valence electrons. The average molecular weight is 330 g/mol. The maximum absolute atomic E-state index is 13.6. The quantitative estimate of drug-likeness (QED) is 0.754. The van der Waals surface area contributed by atoms with Crippen molar-refractivity contribution < 1.29 is 9.13 Å². The maximum atomic E-state index is 13.6. The molecule has 6 heteroatoms. The standard InChI is InChI=1S/C17H13ClFN3O/c1-23-16-8-11(6-7-13(16)18)12-9-20-17(21-10-12)22-15-5-3-2-4-14(15)19/h2-10H,1H3,(H,20,21,22). The minimum Gasteiger partial charge on any atom is -0.495 e. The number of ether oxygens (including phenoxy) is 1. The van der Waals surface area contributed by atoms with Gasteiger partial charge in [-0.15, -0.1) is 0 Å². The highest BCUT2D eigenvalue weighted by Gasteiger charge is 2.07. The fraction of sp³-hybridized carbons (Fsp3) is 0.0588. The molecule has 4 nitrogen and oxygen atoms in total. The molecule has 0 spiro atoms. The number of rotatable bonds is 4. The first kappa shape index (κ1) is 15.2. The van der Waals surface area contributed by atoms with E-state index in [9.17, 15) is 4.39 Å². The van der Waals surface area contributed by atoms with E-state index < -0.39 is 0 Å². The Labute approximate surface area is 137 Å². The second kappa shape index (κ2) is 6.62. The summed E-state index contributed by atoms with van der Waals surface area (Å²) in [7, 11) is 1.56. The van der Waals surface area contributed by atoms with Crippen LogP contribution in [0.3, 0.4) is 0 Å². The summed E-state index contributed by atoms with van der Waals surface area (Å²) in [6.07, 6.45) is 3.30. The van der Waals surface area contributed by atoms with E-state index >= 15 is 0 Å². The number of nitrogens with zero attached hydrogens (tertiary/aromatic N) is 2. The number of para-hydroxylation sites is 1. The monoisotopic (exact) mass is 329 g/mol. The Morgan fingerprint density at radius 3 is 2.48 bits per heavy atom. The van der Waals surface area contributed by atoms with Crippen LogP contribution in [0.2, 0.25) is 5.02 Å². The molecule has 2 aromatic carbocycles. The van der Waals surface area contributed by atoms with Crippen LogP contribution < -0.4 is 10.1 Å². The molecule has 0 unspecified atom stereocenters. The van der Waals surface area contributed by atoms with Crippen LogP contribution in [0.5, 0.6) is 5.75 Å². The lowest BCUT2D eigenvalue weighted by Crippen LogP contribution is -1.98. The fourth-order valence-electron chi connectivity index (χ4n) is 2.06. The van der Waals surface area contributed by atoms with Crippen LogP contribution in [-0.2, 0) is 0 Å². The number of hydrogen-bond donors (Lipinski definition) is 1. The molecule has 1 aromatic heterocycles. The number of nitrogens with one attached hydrogen (secondary N) is 1. The predicted octanol–water partition coefficient (Wildman–Crippen LogP) is 4.69. The van der Waals surface area contributed by atoms with Crippen molar-refractivity contribution in [3.63, 3.8) is 0 Å². The Bertz CT molecular complexity index is 824. The van der Waals surface area contributed by atoms with Crippen molar-refractivity contribution in [2.45, 2.75) is 0 Å². The first-order valence-electron chi connectivity index (χ1n) is 6.85. The molecule has 0 aliphatic heterocycles. The molecule has 3 rings (SSSR count). The van der Waals surface area contributed by atoms with E-state index in [0.29, 0.717) is 22.4 Å². The van der Waals surface area contributed by atoms with Gasteiger partial charge in [0.15, 0.2) is 0 Å². The zero-order chi connectivity index (χ0) is 16.2. The van der Waals surface area contributed by atoms with Gasteiger partial charge < -0.3 is 10.1 Å². The van der Waals surface area contributed by atoms with E-state index in [4.69, 9.17) is 16.3 Å². The molecule has 1 heterocycles. The number of halogens is 2. The molecule has 0 fully saturated rings. The van der Waals surface area contributed by atoms with Crippen molar-refractivity contribution in [2.75, 3.05) is 12.4 Å². The van der Waals surface area contributed by atoms with Crippen molar-refractivity contribution in [2.24, 2.45) is 0 Å². The summed E-state index contributed by atoms with van der Waals surface area (Å²) < 4.78 is 18.8. The van der Waals surface area contributed by atoms with E-state index in [2.05, 4.69) is 15.3 Å². The molecule has 3 aromatic rings. The fourth-order valence-corrected chi connectivity index (χ4v) is 2.26. The van der Waals surface area contributed by atoms with Gasteiger partial charge in [0.05, 0.1) is 17.8 Å². The van der Waals surface area contributed by atoms with Crippen LogP contribution in [-0.4, -0.2) is 17.1 Å². The molecule has 0 atom stereocenters. The van der Waals surface area contributed by atoms with Crippen molar-refractivity contribution in [3.8, 4) is 16.9 Å². The van der Waals surface area contributed by atoms with E-state index in [1.54, 1.807) is 43.8 Å². The maximum Gasteiger partial charge on any atom is 0.227 e. The molecular formula is C17H13ClFN3O. The van der Waals surface area contributed by atoms with Crippen LogP contribution >= 0.6 is 11.6 Å². The number of benzene rings is 2.